The fraction of sp³-hybridized carbons (Fsp3) is 0.304. The van der Waals surface area contributed by atoms with Gasteiger partial charge in [0.2, 0.25) is 0 Å². The summed E-state index contributed by atoms with van der Waals surface area (Å²) in [6, 6.07) is 11.9. The van der Waals surface area contributed by atoms with Crippen molar-refractivity contribution in [1.82, 2.24) is 4.90 Å². The van der Waals surface area contributed by atoms with Crippen molar-refractivity contribution >= 4 is 23.1 Å². The van der Waals surface area contributed by atoms with Crippen LogP contribution >= 0.6 is 0 Å². The molecular formula is C23H26N2O6. The van der Waals surface area contributed by atoms with Crippen molar-refractivity contribution in [3.05, 3.63) is 53.7 Å². The van der Waals surface area contributed by atoms with Crippen molar-refractivity contribution in [2.24, 2.45) is 0 Å². The van der Waals surface area contributed by atoms with Gasteiger partial charge in [-0.2, -0.15) is 0 Å². The zero-order chi connectivity index (χ0) is 22.5. The standard InChI is InChI=1S/C23H26N2O6/c1-5-31-16-8-6-15(7-9-16)20-21(24(2)12-13-26)23(28)25(22(20)27)18-14-17(29-3)10-11-19(18)30-4/h6-11,14,26H,5,12-13H2,1-4H3. The van der Waals surface area contributed by atoms with Crippen LogP contribution in [0.5, 0.6) is 17.2 Å². The number of carbonyl (C=O) groups is 2. The molecule has 2 aromatic rings. The summed E-state index contributed by atoms with van der Waals surface area (Å²) < 4.78 is 16.1. The minimum atomic E-state index is -0.503. The van der Waals surface area contributed by atoms with Gasteiger partial charge in [0.25, 0.3) is 11.8 Å². The third-order valence-corrected chi connectivity index (χ3v) is 4.96. The molecule has 3 rings (SSSR count). The van der Waals surface area contributed by atoms with Crippen molar-refractivity contribution in [3.63, 3.8) is 0 Å². The fourth-order valence-electron chi connectivity index (χ4n) is 3.47. The topological polar surface area (TPSA) is 88.5 Å². The number of imide groups is 1. The van der Waals surface area contributed by atoms with E-state index in [1.165, 1.54) is 14.2 Å². The number of rotatable bonds is 9. The number of anilines is 1. The normalized spacial score (nSPS) is 13.6. The van der Waals surface area contributed by atoms with Crippen LogP contribution in [0.15, 0.2) is 48.2 Å². The lowest BCUT2D eigenvalue weighted by molar-refractivity contribution is -0.120. The molecule has 1 aliphatic rings. The van der Waals surface area contributed by atoms with Crippen molar-refractivity contribution in [1.29, 1.82) is 0 Å². The zero-order valence-corrected chi connectivity index (χ0v) is 18.0. The first-order valence-corrected chi connectivity index (χ1v) is 9.87. The number of amides is 2. The maximum Gasteiger partial charge on any atom is 0.282 e. The van der Waals surface area contributed by atoms with Crippen LogP contribution in [-0.2, 0) is 9.59 Å². The first-order chi connectivity index (χ1) is 15.0. The molecular weight excluding hydrogens is 400 g/mol. The molecule has 1 aliphatic heterocycles. The highest BCUT2D eigenvalue weighted by atomic mass is 16.5. The second-order valence-electron chi connectivity index (χ2n) is 6.81. The van der Waals surface area contributed by atoms with E-state index in [9.17, 15) is 14.7 Å². The number of aliphatic hydroxyl groups excluding tert-OH is 1. The van der Waals surface area contributed by atoms with E-state index in [0.717, 1.165) is 4.90 Å². The predicted molar refractivity (Wildman–Crippen MR) is 116 cm³/mol. The predicted octanol–water partition coefficient (Wildman–Crippen LogP) is 2.31. The molecule has 2 aromatic carbocycles. The number of carbonyl (C=O) groups excluding carboxylic acids is 2. The van der Waals surface area contributed by atoms with Crippen molar-refractivity contribution < 1.29 is 28.9 Å². The number of aliphatic hydroxyl groups is 1. The van der Waals surface area contributed by atoms with E-state index in [-0.39, 0.29) is 30.1 Å². The smallest absolute Gasteiger partial charge is 0.282 e. The molecule has 31 heavy (non-hydrogen) atoms. The monoisotopic (exact) mass is 426 g/mol. The van der Waals surface area contributed by atoms with Gasteiger partial charge in [-0.05, 0) is 36.8 Å². The van der Waals surface area contributed by atoms with Crippen LogP contribution in [0.4, 0.5) is 5.69 Å². The van der Waals surface area contributed by atoms with Gasteiger partial charge in [0, 0.05) is 19.7 Å². The maximum absolute atomic E-state index is 13.5. The average Bonchev–Trinajstić information content (AvgIpc) is 3.04. The second kappa shape index (κ2) is 9.53. The summed E-state index contributed by atoms with van der Waals surface area (Å²) >= 11 is 0. The molecule has 8 nitrogen and oxygen atoms in total. The largest absolute Gasteiger partial charge is 0.497 e. The Labute approximate surface area is 181 Å². The first kappa shape index (κ1) is 22.2. The van der Waals surface area contributed by atoms with Crippen LogP contribution in [0.2, 0.25) is 0 Å². The van der Waals surface area contributed by atoms with E-state index in [0.29, 0.717) is 29.4 Å². The minimum absolute atomic E-state index is 0.166. The fourth-order valence-corrected chi connectivity index (χ4v) is 3.47. The number of likely N-dealkylation sites (N-methyl/N-ethyl adjacent to an activating group) is 1. The number of nitrogens with zero attached hydrogens (tertiary/aromatic N) is 2. The molecule has 0 spiro atoms. The Kier molecular flexibility index (Phi) is 6.81. The van der Waals surface area contributed by atoms with E-state index < -0.39 is 11.8 Å². The lowest BCUT2D eigenvalue weighted by atomic mass is 10.0. The third-order valence-electron chi connectivity index (χ3n) is 4.96. The highest BCUT2D eigenvalue weighted by molar-refractivity contribution is 6.45. The van der Waals surface area contributed by atoms with Crippen molar-refractivity contribution in [2.45, 2.75) is 6.92 Å². The van der Waals surface area contributed by atoms with Crippen LogP contribution < -0.4 is 19.1 Å². The summed E-state index contributed by atoms with van der Waals surface area (Å²) in [4.78, 5) is 29.7. The van der Waals surface area contributed by atoms with E-state index >= 15 is 0 Å². The molecule has 0 saturated carbocycles. The molecule has 0 fully saturated rings. The molecule has 0 unspecified atom stereocenters. The lowest BCUT2D eigenvalue weighted by Crippen LogP contribution is -2.35. The van der Waals surface area contributed by atoms with Gasteiger partial charge < -0.3 is 24.2 Å². The Bertz CT molecular complexity index is 1000. The SMILES string of the molecule is CCOc1ccc(C2=C(N(C)CCO)C(=O)N(c3cc(OC)ccc3OC)C2=O)cc1. The van der Waals surface area contributed by atoms with E-state index in [4.69, 9.17) is 14.2 Å². The van der Waals surface area contributed by atoms with E-state index in [2.05, 4.69) is 0 Å². The maximum atomic E-state index is 13.5. The van der Waals surface area contributed by atoms with Gasteiger partial charge in [-0.1, -0.05) is 12.1 Å². The Morgan fingerprint density at radius 1 is 0.968 bits per heavy atom. The molecule has 0 atom stereocenters. The molecule has 0 saturated heterocycles. The summed E-state index contributed by atoms with van der Waals surface area (Å²) in [5.74, 6) is 0.521. The number of methoxy groups -OCH3 is 2. The molecule has 8 heteroatoms. The van der Waals surface area contributed by atoms with Crippen molar-refractivity contribution in [2.75, 3.05) is 45.9 Å². The highest BCUT2D eigenvalue weighted by Crippen LogP contribution is 2.40. The molecule has 164 valence electrons. The number of ether oxygens (including phenoxy) is 3. The molecule has 2 amide bonds. The minimum Gasteiger partial charge on any atom is -0.497 e. The molecule has 0 aromatic heterocycles. The van der Waals surface area contributed by atoms with Gasteiger partial charge in [0.1, 0.15) is 22.9 Å². The number of hydrogen-bond acceptors (Lipinski definition) is 7. The van der Waals surface area contributed by atoms with Gasteiger partial charge in [-0.15, -0.1) is 0 Å². The summed E-state index contributed by atoms with van der Waals surface area (Å²) in [6.07, 6.45) is 0. The van der Waals surface area contributed by atoms with Crippen LogP contribution in [0.1, 0.15) is 12.5 Å². The van der Waals surface area contributed by atoms with Crippen molar-refractivity contribution in [3.8, 4) is 17.2 Å². The Balaban J connectivity index is 2.13. The van der Waals surface area contributed by atoms with Gasteiger partial charge >= 0.3 is 0 Å². The van der Waals surface area contributed by atoms with Crippen LogP contribution in [0, 0.1) is 0 Å². The zero-order valence-electron chi connectivity index (χ0n) is 18.0. The summed E-state index contributed by atoms with van der Waals surface area (Å²) in [7, 11) is 4.64. The van der Waals surface area contributed by atoms with Gasteiger partial charge in [0.15, 0.2) is 0 Å². The van der Waals surface area contributed by atoms with E-state index in [1.54, 1.807) is 54.4 Å². The van der Waals surface area contributed by atoms with Crippen LogP contribution in [0.3, 0.4) is 0 Å². The quantitative estimate of drug-likeness (QED) is 0.616. The van der Waals surface area contributed by atoms with E-state index in [1.807, 2.05) is 6.92 Å². The molecule has 0 radical (unpaired) electrons. The Morgan fingerprint density at radius 3 is 2.23 bits per heavy atom. The Hall–Kier alpha value is -3.52. The highest BCUT2D eigenvalue weighted by Gasteiger charge is 2.42. The molecule has 1 heterocycles. The van der Waals surface area contributed by atoms with Crippen LogP contribution in [-0.4, -0.2) is 62.8 Å². The third kappa shape index (κ3) is 4.20. The van der Waals surface area contributed by atoms with Gasteiger partial charge in [-0.3, -0.25) is 9.59 Å². The molecule has 1 N–H and O–H groups in total. The Morgan fingerprint density at radius 2 is 1.65 bits per heavy atom. The van der Waals surface area contributed by atoms with Gasteiger partial charge in [-0.25, -0.2) is 4.90 Å². The summed E-state index contributed by atoms with van der Waals surface area (Å²) in [5.41, 5.74) is 1.31. The second-order valence-corrected chi connectivity index (χ2v) is 6.81. The number of benzene rings is 2. The van der Waals surface area contributed by atoms with Crippen LogP contribution in [0.25, 0.3) is 5.57 Å². The summed E-state index contributed by atoms with van der Waals surface area (Å²) in [5, 5.41) is 9.41. The number of hydrogen-bond donors (Lipinski definition) is 1. The molecule has 0 aliphatic carbocycles. The average molecular weight is 426 g/mol. The lowest BCUT2D eigenvalue weighted by Gasteiger charge is -2.21. The molecule has 0 bridgehead atoms. The summed E-state index contributed by atoms with van der Waals surface area (Å²) in [6.45, 7) is 2.43. The first-order valence-electron chi connectivity index (χ1n) is 9.87. The van der Waals surface area contributed by atoms with Gasteiger partial charge in [0.05, 0.1) is 38.7 Å².